The van der Waals surface area contributed by atoms with E-state index in [0.717, 1.165) is 6.07 Å². The van der Waals surface area contributed by atoms with Gasteiger partial charge in [0.25, 0.3) is 0 Å². The predicted molar refractivity (Wildman–Crippen MR) is 48.1 cm³/mol. The molecule has 1 aliphatic heterocycles. The van der Waals surface area contributed by atoms with E-state index in [0.29, 0.717) is 0 Å². The number of hydrogen-bond acceptors (Lipinski definition) is 2. The fourth-order valence-corrected chi connectivity index (χ4v) is 2.85. The lowest BCUT2D eigenvalue weighted by molar-refractivity contribution is 0.553. The highest BCUT2D eigenvalue weighted by molar-refractivity contribution is 9.10. The first-order valence-electron chi connectivity index (χ1n) is 3.59. The van der Waals surface area contributed by atoms with E-state index in [9.17, 15) is 17.2 Å². The van der Waals surface area contributed by atoms with Crippen molar-refractivity contribution < 1.29 is 17.2 Å². The molecule has 1 heterocycles. The maximum absolute atomic E-state index is 13.3. The lowest BCUT2D eigenvalue weighted by atomic mass is 10.2. The molecule has 0 radical (unpaired) electrons. The molecule has 2 rings (SSSR count). The van der Waals surface area contributed by atoms with Gasteiger partial charge in [-0.2, -0.15) is 0 Å². The predicted octanol–water partition coefficient (Wildman–Crippen LogP) is 1.52. The van der Waals surface area contributed by atoms with Gasteiger partial charge in [0.2, 0.25) is 10.0 Å². The third-order valence-electron chi connectivity index (χ3n) is 1.95. The molecule has 0 spiro atoms. The van der Waals surface area contributed by atoms with Crippen LogP contribution in [-0.2, 0) is 16.6 Å². The second kappa shape index (κ2) is 2.98. The number of fused-ring (bicyclic) bond motifs is 1. The zero-order valence-electron chi connectivity index (χ0n) is 6.64. The molecule has 0 amide bonds. The molecule has 1 N–H and O–H groups in total. The van der Waals surface area contributed by atoms with Crippen LogP contribution in [0.4, 0.5) is 8.78 Å². The molecule has 1 aromatic rings. The highest BCUT2D eigenvalue weighted by atomic mass is 79.9. The third-order valence-corrected chi connectivity index (χ3v) is 4.15. The summed E-state index contributed by atoms with van der Waals surface area (Å²) in [6, 6.07) is 0.803. The molecule has 0 aliphatic carbocycles. The molecule has 0 fully saturated rings. The summed E-state index contributed by atoms with van der Waals surface area (Å²) in [7, 11) is -3.72. The zero-order chi connectivity index (χ0) is 10.5. The summed E-state index contributed by atoms with van der Waals surface area (Å²) in [5, 5.41) is 0. The Morgan fingerprint density at radius 2 is 2.07 bits per heavy atom. The Labute approximate surface area is 87.3 Å². The number of benzene rings is 1. The molecule has 0 saturated carbocycles. The van der Waals surface area contributed by atoms with Gasteiger partial charge in [-0.25, -0.2) is 21.9 Å². The maximum Gasteiger partial charge on any atom is 0.241 e. The van der Waals surface area contributed by atoms with Crippen LogP contribution in [0.3, 0.4) is 0 Å². The summed E-state index contributed by atoms with van der Waals surface area (Å²) < 4.78 is 50.5. The topological polar surface area (TPSA) is 46.2 Å². The fourth-order valence-electron chi connectivity index (χ4n) is 1.26. The number of nitrogens with one attached hydrogen (secondary N) is 1. The Hall–Kier alpha value is -0.530. The minimum Gasteiger partial charge on any atom is -0.207 e. The minimum absolute atomic E-state index is 0.0294. The molecule has 0 bridgehead atoms. The maximum atomic E-state index is 13.3. The molecule has 14 heavy (non-hydrogen) atoms. The lowest BCUT2D eigenvalue weighted by Gasteiger charge is -2.01. The summed E-state index contributed by atoms with van der Waals surface area (Å²) in [5.74, 6) is -1.79. The smallest absolute Gasteiger partial charge is 0.207 e. The summed E-state index contributed by atoms with van der Waals surface area (Å²) in [5.41, 5.74) is -0.0294. The van der Waals surface area contributed by atoms with Crippen molar-refractivity contribution in [2.45, 2.75) is 11.4 Å². The highest BCUT2D eigenvalue weighted by Gasteiger charge is 2.30. The zero-order valence-corrected chi connectivity index (χ0v) is 9.05. The van der Waals surface area contributed by atoms with Gasteiger partial charge in [-0.15, -0.1) is 0 Å². The molecular weight excluding hydrogens is 280 g/mol. The van der Waals surface area contributed by atoms with Crippen molar-refractivity contribution in [1.82, 2.24) is 4.72 Å². The Morgan fingerprint density at radius 3 is 2.71 bits per heavy atom. The standard InChI is InChI=1S/C7H4BrF2NO2S/c8-6-4(9)1-5-3(7(6)10)2-11-14(5,12)13/h1,11H,2H2. The van der Waals surface area contributed by atoms with Crippen LogP contribution in [0.2, 0.25) is 0 Å². The summed E-state index contributed by atoms with van der Waals surface area (Å²) in [6.45, 7) is -0.137. The summed E-state index contributed by atoms with van der Waals surface area (Å²) >= 11 is 2.70. The van der Waals surface area contributed by atoms with Gasteiger partial charge in [0.1, 0.15) is 11.6 Å². The van der Waals surface area contributed by atoms with Crippen LogP contribution in [0.5, 0.6) is 0 Å². The molecule has 0 atom stereocenters. The highest BCUT2D eigenvalue weighted by Crippen LogP contribution is 2.31. The van der Waals surface area contributed by atoms with Crippen LogP contribution in [-0.4, -0.2) is 8.42 Å². The molecule has 3 nitrogen and oxygen atoms in total. The van der Waals surface area contributed by atoms with E-state index >= 15 is 0 Å². The number of hydrogen-bond donors (Lipinski definition) is 1. The van der Waals surface area contributed by atoms with E-state index in [2.05, 4.69) is 20.7 Å². The monoisotopic (exact) mass is 283 g/mol. The van der Waals surface area contributed by atoms with Crippen molar-refractivity contribution in [1.29, 1.82) is 0 Å². The van der Waals surface area contributed by atoms with Gasteiger partial charge in [0.05, 0.1) is 9.37 Å². The van der Waals surface area contributed by atoms with Gasteiger partial charge in [0, 0.05) is 12.1 Å². The van der Waals surface area contributed by atoms with Crippen LogP contribution >= 0.6 is 15.9 Å². The van der Waals surface area contributed by atoms with Crippen molar-refractivity contribution in [3.05, 3.63) is 27.7 Å². The molecular formula is C7H4BrF2NO2S. The molecule has 0 aromatic heterocycles. The van der Waals surface area contributed by atoms with Gasteiger partial charge in [0.15, 0.2) is 0 Å². The Bertz CT molecular complexity index is 515. The first-order valence-corrected chi connectivity index (χ1v) is 5.87. The SMILES string of the molecule is O=S1(=O)NCc2c1cc(F)c(Br)c2F. The van der Waals surface area contributed by atoms with Crippen LogP contribution < -0.4 is 4.72 Å². The number of rotatable bonds is 0. The molecule has 76 valence electrons. The molecule has 7 heteroatoms. The molecule has 1 aliphatic rings. The summed E-state index contributed by atoms with van der Waals surface area (Å²) in [4.78, 5) is -0.323. The number of sulfonamides is 1. The van der Waals surface area contributed by atoms with Crippen LogP contribution in [0.25, 0.3) is 0 Å². The van der Waals surface area contributed by atoms with Gasteiger partial charge in [-0.1, -0.05) is 0 Å². The van der Waals surface area contributed by atoms with Gasteiger partial charge in [-0.3, -0.25) is 0 Å². The van der Waals surface area contributed by atoms with Gasteiger partial charge >= 0.3 is 0 Å². The van der Waals surface area contributed by atoms with Gasteiger partial charge in [-0.05, 0) is 22.0 Å². The third kappa shape index (κ3) is 1.27. The Kier molecular flexibility index (Phi) is 2.13. The first kappa shape index (κ1) is 10.0. The van der Waals surface area contributed by atoms with E-state index in [1.807, 2.05) is 0 Å². The average molecular weight is 284 g/mol. The van der Waals surface area contributed by atoms with Crippen molar-refractivity contribution in [3.63, 3.8) is 0 Å². The fraction of sp³-hybridized carbons (Fsp3) is 0.143. The number of halogens is 3. The second-order valence-electron chi connectivity index (χ2n) is 2.79. The molecule has 1 aromatic carbocycles. The normalized spacial score (nSPS) is 18.2. The van der Waals surface area contributed by atoms with Crippen LogP contribution in [0.15, 0.2) is 15.4 Å². The van der Waals surface area contributed by atoms with Crippen LogP contribution in [0, 0.1) is 11.6 Å². The first-order chi connectivity index (χ1) is 6.43. The van der Waals surface area contributed by atoms with E-state index < -0.39 is 21.7 Å². The van der Waals surface area contributed by atoms with E-state index in [4.69, 9.17) is 0 Å². The van der Waals surface area contributed by atoms with Crippen molar-refractivity contribution in [2.24, 2.45) is 0 Å². The van der Waals surface area contributed by atoms with E-state index in [1.165, 1.54) is 0 Å². The van der Waals surface area contributed by atoms with Crippen LogP contribution in [0.1, 0.15) is 5.56 Å². The Morgan fingerprint density at radius 1 is 1.43 bits per heavy atom. The van der Waals surface area contributed by atoms with Crippen molar-refractivity contribution in [3.8, 4) is 0 Å². The van der Waals surface area contributed by atoms with E-state index in [-0.39, 0.29) is 21.5 Å². The van der Waals surface area contributed by atoms with Gasteiger partial charge < -0.3 is 0 Å². The Balaban J connectivity index is 2.84. The minimum atomic E-state index is -3.72. The quantitative estimate of drug-likeness (QED) is 0.734. The van der Waals surface area contributed by atoms with E-state index in [1.54, 1.807) is 0 Å². The van der Waals surface area contributed by atoms with Crippen molar-refractivity contribution >= 4 is 26.0 Å². The largest absolute Gasteiger partial charge is 0.241 e. The molecule has 0 saturated heterocycles. The lowest BCUT2D eigenvalue weighted by Crippen LogP contribution is -2.13. The summed E-state index contributed by atoms with van der Waals surface area (Å²) in [6.07, 6.45) is 0. The average Bonchev–Trinajstić information content (AvgIpc) is 2.39. The van der Waals surface area contributed by atoms with Crippen molar-refractivity contribution in [2.75, 3.05) is 0 Å². The molecule has 0 unspecified atom stereocenters. The second-order valence-corrected chi connectivity index (χ2v) is 5.32.